The first-order chi connectivity index (χ1) is 10.2. The Bertz CT molecular complexity index is 389. The molecule has 1 aromatic carbocycles. The number of methoxy groups -OCH3 is 1. The van der Waals surface area contributed by atoms with Crippen LogP contribution in [0.15, 0.2) is 30.3 Å². The van der Waals surface area contributed by atoms with E-state index in [1.807, 2.05) is 0 Å². The minimum Gasteiger partial charge on any atom is -0.383 e. The van der Waals surface area contributed by atoms with Crippen molar-refractivity contribution in [1.82, 2.24) is 10.2 Å². The molecule has 1 aliphatic rings. The van der Waals surface area contributed by atoms with Gasteiger partial charge < -0.3 is 10.1 Å². The minimum atomic E-state index is 0.451. The molecule has 0 spiro atoms. The van der Waals surface area contributed by atoms with Gasteiger partial charge in [0.2, 0.25) is 0 Å². The highest BCUT2D eigenvalue weighted by Gasteiger charge is 2.34. The molecule has 3 heteroatoms. The van der Waals surface area contributed by atoms with Crippen LogP contribution in [0.3, 0.4) is 0 Å². The van der Waals surface area contributed by atoms with Gasteiger partial charge >= 0.3 is 0 Å². The van der Waals surface area contributed by atoms with Crippen LogP contribution in [0.1, 0.15) is 38.3 Å². The van der Waals surface area contributed by atoms with Gasteiger partial charge in [-0.25, -0.2) is 0 Å². The molecule has 1 aliphatic carbocycles. The number of nitrogens with one attached hydrogen (secondary N) is 1. The summed E-state index contributed by atoms with van der Waals surface area (Å²) < 4.78 is 5.32. The maximum atomic E-state index is 5.32. The lowest BCUT2D eigenvalue weighted by atomic mass is 10.0. The van der Waals surface area contributed by atoms with Crippen LogP contribution < -0.4 is 5.32 Å². The number of ether oxygens (including phenoxy) is 1. The maximum Gasteiger partial charge on any atom is 0.0590 e. The van der Waals surface area contributed by atoms with Crippen molar-refractivity contribution >= 4 is 0 Å². The molecule has 3 nitrogen and oxygen atoms in total. The SMILES string of the molecule is COCCN(C1CC1)C(CNCC(C)C)c1ccccc1. The summed E-state index contributed by atoms with van der Waals surface area (Å²) in [6, 6.07) is 12.1. The van der Waals surface area contributed by atoms with Crippen LogP contribution in [0.2, 0.25) is 0 Å². The van der Waals surface area contributed by atoms with Crippen molar-refractivity contribution in [2.45, 2.75) is 38.8 Å². The lowest BCUT2D eigenvalue weighted by Crippen LogP contribution is -2.40. The van der Waals surface area contributed by atoms with E-state index in [0.29, 0.717) is 12.0 Å². The fourth-order valence-electron chi connectivity index (χ4n) is 2.81. The van der Waals surface area contributed by atoms with Gasteiger partial charge in [-0.1, -0.05) is 44.2 Å². The van der Waals surface area contributed by atoms with Gasteiger partial charge in [0.15, 0.2) is 0 Å². The van der Waals surface area contributed by atoms with E-state index in [2.05, 4.69) is 54.4 Å². The highest BCUT2D eigenvalue weighted by atomic mass is 16.5. The van der Waals surface area contributed by atoms with Gasteiger partial charge in [0.1, 0.15) is 0 Å². The van der Waals surface area contributed by atoms with Crippen LogP contribution >= 0.6 is 0 Å². The second-order valence-corrected chi connectivity index (χ2v) is 6.44. The third-order valence-corrected chi connectivity index (χ3v) is 4.04. The highest BCUT2D eigenvalue weighted by molar-refractivity contribution is 5.20. The van der Waals surface area contributed by atoms with Gasteiger partial charge in [0.05, 0.1) is 6.61 Å². The molecule has 0 saturated heterocycles. The van der Waals surface area contributed by atoms with Crippen LogP contribution in [0.5, 0.6) is 0 Å². The summed E-state index contributed by atoms with van der Waals surface area (Å²) in [6.07, 6.45) is 2.66. The Balaban J connectivity index is 2.05. The first kappa shape index (κ1) is 16.5. The number of hydrogen-bond donors (Lipinski definition) is 1. The van der Waals surface area contributed by atoms with E-state index in [0.717, 1.165) is 32.3 Å². The van der Waals surface area contributed by atoms with Crippen LogP contribution in [0.4, 0.5) is 0 Å². The molecule has 118 valence electrons. The Kier molecular flexibility index (Phi) is 6.68. The molecule has 1 N–H and O–H groups in total. The third kappa shape index (κ3) is 5.42. The molecule has 1 saturated carbocycles. The van der Waals surface area contributed by atoms with Gasteiger partial charge in [-0.3, -0.25) is 4.90 Å². The second kappa shape index (κ2) is 8.52. The maximum absolute atomic E-state index is 5.32. The molecule has 1 aromatic rings. The zero-order chi connectivity index (χ0) is 15.1. The smallest absolute Gasteiger partial charge is 0.0590 e. The van der Waals surface area contributed by atoms with Crippen LogP contribution in [0.25, 0.3) is 0 Å². The summed E-state index contributed by atoms with van der Waals surface area (Å²) in [5.74, 6) is 0.690. The fraction of sp³-hybridized carbons (Fsp3) is 0.667. The Morgan fingerprint density at radius 3 is 2.48 bits per heavy atom. The predicted molar refractivity (Wildman–Crippen MR) is 88.5 cm³/mol. The van der Waals surface area contributed by atoms with E-state index < -0.39 is 0 Å². The molecule has 0 amide bonds. The van der Waals surface area contributed by atoms with Crippen molar-refractivity contribution in [2.75, 3.05) is 33.4 Å². The monoisotopic (exact) mass is 290 g/mol. The first-order valence-corrected chi connectivity index (χ1v) is 8.22. The molecular formula is C18H30N2O. The molecule has 0 radical (unpaired) electrons. The van der Waals surface area contributed by atoms with Crippen LogP contribution in [-0.4, -0.2) is 44.3 Å². The van der Waals surface area contributed by atoms with E-state index in [1.165, 1.54) is 18.4 Å². The molecule has 1 atom stereocenters. The van der Waals surface area contributed by atoms with E-state index >= 15 is 0 Å². The van der Waals surface area contributed by atoms with Gasteiger partial charge in [-0.15, -0.1) is 0 Å². The zero-order valence-corrected chi connectivity index (χ0v) is 13.7. The number of rotatable bonds is 10. The zero-order valence-electron chi connectivity index (χ0n) is 13.7. The second-order valence-electron chi connectivity index (χ2n) is 6.44. The van der Waals surface area contributed by atoms with Crippen molar-refractivity contribution in [2.24, 2.45) is 5.92 Å². The van der Waals surface area contributed by atoms with Crippen molar-refractivity contribution in [3.63, 3.8) is 0 Å². The summed E-state index contributed by atoms with van der Waals surface area (Å²) in [7, 11) is 1.79. The Labute approximate surface area is 129 Å². The molecule has 2 rings (SSSR count). The van der Waals surface area contributed by atoms with E-state index in [-0.39, 0.29) is 0 Å². The molecule has 21 heavy (non-hydrogen) atoms. The summed E-state index contributed by atoms with van der Waals surface area (Å²) in [6.45, 7) is 8.44. The Hall–Kier alpha value is -0.900. The minimum absolute atomic E-state index is 0.451. The third-order valence-electron chi connectivity index (χ3n) is 4.04. The van der Waals surface area contributed by atoms with Crippen molar-refractivity contribution in [1.29, 1.82) is 0 Å². The predicted octanol–water partition coefficient (Wildman–Crippen LogP) is 3.08. The van der Waals surface area contributed by atoms with Crippen molar-refractivity contribution < 1.29 is 4.74 Å². The highest BCUT2D eigenvalue weighted by Crippen LogP contribution is 2.33. The number of nitrogens with zero attached hydrogens (tertiary/aromatic N) is 1. The first-order valence-electron chi connectivity index (χ1n) is 8.22. The van der Waals surface area contributed by atoms with E-state index in [4.69, 9.17) is 4.74 Å². The molecule has 0 aliphatic heterocycles. The fourth-order valence-corrected chi connectivity index (χ4v) is 2.81. The quantitative estimate of drug-likeness (QED) is 0.716. The van der Waals surface area contributed by atoms with Crippen LogP contribution in [0, 0.1) is 5.92 Å². The summed E-state index contributed by atoms with van der Waals surface area (Å²) in [4.78, 5) is 2.63. The number of hydrogen-bond acceptors (Lipinski definition) is 3. The molecule has 0 aromatic heterocycles. The van der Waals surface area contributed by atoms with Crippen molar-refractivity contribution in [3.05, 3.63) is 35.9 Å². The lowest BCUT2D eigenvalue weighted by molar-refractivity contribution is 0.112. The molecule has 1 fully saturated rings. The largest absolute Gasteiger partial charge is 0.383 e. The normalized spacial score (nSPS) is 16.6. The van der Waals surface area contributed by atoms with Crippen molar-refractivity contribution in [3.8, 4) is 0 Å². The lowest BCUT2D eigenvalue weighted by Gasteiger charge is -2.32. The van der Waals surface area contributed by atoms with Gasteiger partial charge in [0.25, 0.3) is 0 Å². The van der Waals surface area contributed by atoms with E-state index in [1.54, 1.807) is 7.11 Å². The van der Waals surface area contributed by atoms with Gasteiger partial charge in [0, 0.05) is 32.3 Å². The van der Waals surface area contributed by atoms with Crippen LogP contribution in [-0.2, 0) is 4.74 Å². The molecule has 1 unspecified atom stereocenters. The Morgan fingerprint density at radius 1 is 1.19 bits per heavy atom. The topological polar surface area (TPSA) is 24.5 Å². The average molecular weight is 290 g/mol. The molecular weight excluding hydrogens is 260 g/mol. The standard InChI is InChI=1S/C18H30N2O/c1-15(2)13-19-14-18(16-7-5-4-6-8-16)20(11-12-21-3)17-9-10-17/h4-8,15,17-19H,9-14H2,1-3H3. The van der Waals surface area contributed by atoms with Gasteiger partial charge in [-0.2, -0.15) is 0 Å². The summed E-state index contributed by atoms with van der Waals surface area (Å²) in [5.41, 5.74) is 1.41. The summed E-state index contributed by atoms with van der Waals surface area (Å²) >= 11 is 0. The van der Waals surface area contributed by atoms with E-state index in [9.17, 15) is 0 Å². The molecule has 0 bridgehead atoms. The number of benzene rings is 1. The average Bonchev–Trinajstić information content (AvgIpc) is 3.31. The Morgan fingerprint density at radius 2 is 1.90 bits per heavy atom. The van der Waals surface area contributed by atoms with Gasteiger partial charge in [-0.05, 0) is 30.9 Å². The summed E-state index contributed by atoms with van der Waals surface area (Å²) in [5, 5.41) is 3.64. The molecule has 0 heterocycles.